The van der Waals surface area contributed by atoms with Crippen LogP contribution in [0.25, 0.3) is 0 Å². The van der Waals surface area contributed by atoms with Crippen LogP contribution in [0.1, 0.15) is 29.9 Å². The second-order valence-electron chi connectivity index (χ2n) is 5.09. The SMILES string of the molecule is NC(=S)c1ncccc1CN(Cc1ccco1)C1CC1. The monoisotopic (exact) mass is 287 g/mol. The summed E-state index contributed by atoms with van der Waals surface area (Å²) in [5, 5.41) is 0. The maximum Gasteiger partial charge on any atom is 0.123 e. The second kappa shape index (κ2) is 5.73. The van der Waals surface area contributed by atoms with Gasteiger partial charge in [-0.05, 0) is 36.6 Å². The fourth-order valence-electron chi connectivity index (χ4n) is 2.36. The summed E-state index contributed by atoms with van der Waals surface area (Å²) >= 11 is 5.08. The molecule has 5 heteroatoms. The zero-order chi connectivity index (χ0) is 13.9. The molecule has 0 bridgehead atoms. The van der Waals surface area contributed by atoms with Crippen molar-refractivity contribution in [2.45, 2.75) is 32.0 Å². The predicted octanol–water partition coefficient (Wildman–Crippen LogP) is 2.47. The number of furan rings is 1. The molecule has 3 rings (SSSR count). The van der Waals surface area contributed by atoms with Crippen molar-refractivity contribution in [2.24, 2.45) is 5.73 Å². The first-order valence-electron chi connectivity index (χ1n) is 6.74. The molecule has 0 spiro atoms. The van der Waals surface area contributed by atoms with Crippen molar-refractivity contribution in [3.8, 4) is 0 Å². The molecule has 0 amide bonds. The average molecular weight is 287 g/mol. The van der Waals surface area contributed by atoms with Crippen molar-refractivity contribution in [3.05, 3.63) is 53.7 Å². The molecule has 0 aromatic carbocycles. The van der Waals surface area contributed by atoms with Crippen LogP contribution >= 0.6 is 12.2 Å². The molecule has 0 radical (unpaired) electrons. The van der Waals surface area contributed by atoms with Gasteiger partial charge in [-0.2, -0.15) is 0 Å². The zero-order valence-corrected chi connectivity index (χ0v) is 12.0. The Morgan fingerprint density at radius 1 is 1.35 bits per heavy atom. The van der Waals surface area contributed by atoms with Crippen molar-refractivity contribution in [1.82, 2.24) is 9.88 Å². The lowest BCUT2D eigenvalue weighted by Crippen LogP contribution is -2.27. The number of nitrogens with two attached hydrogens (primary N) is 1. The Bertz CT molecular complexity index is 593. The summed E-state index contributed by atoms with van der Waals surface area (Å²) in [6, 6.07) is 8.52. The number of hydrogen-bond acceptors (Lipinski definition) is 4. The fraction of sp³-hybridized carbons (Fsp3) is 0.333. The standard InChI is InChI=1S/C15H17N3OS/c16-15(20)14-11(3-1-7-17-14)9-18(12-5-6-12)10-13-4-2-8-19-13/h1-4,7-8,12H,5-6,9-10H2,(H2,16,20). The van der Waals surface area contributed by atoms with Crippen LogP contribution in [-0.4, -0.2) is 20.9 Å². The number of nitrogens with zero attached hydrogens (tertiary/aromatic N) is 2. The van der Waals surface area contributed by atoms with E-state index in [0.717, 1.165) is 30.1 Å². The van der Waals surface area contributed by atoms with E-state index in [1.807, 2.05) is 24.3 Å². The van der Waals surface area contributed by atoms with Crippen LogP contribution in [-0.2, 0) is 13.1 Å². The first kappa shape index (κ1) is 13.3. The first-order valence-corrected chi connectivity index (χ1v) is 7.15. The number of rotatable bonds is 6. The molecule has 4 nitrogen and oxygen atoms in total. The minimum atomic E-state index is 0.356. The van der Waals surface area contributed by atoms with E-state index in [0.29, 0.717) is 11.0 Å². The van der Waals surface area contributed by atoms with Gasteiger partial charge in [0, 0.05) is 18.8 Å². The summed E-state index contributed by atoms with van der Waals surface area (Å²) in [4.78, 5) is 7.05. The highest BCUT2D eigenvalue weighted by molar-refractivity contribution is 7.80. The molecule has 0 atom stereocenters. The topological polar surface area (TPSA) is 55.3 Å². The van der Waals surface area contributed by atoms with E-state index >= 15 is 0 Å². The molecule has 1 fully saturated rings. The molecular formula is C15H17N3OS. The van der Waals surface area contributed by atoms with Gasteiger partial charge in [-0.15, -0.1) is 0 Å². The molecular weight excluding hydrogens is 270 g/mol. The summed E-state index contributed by atoms with van der Waals surface area (Å²) in [5.41, 5.74) is 7.56. The van der Waals surface area contributed by atoms with Crippen LogP contribution in [0.4, 0.5) is 0 Å². The van der Waals surface area contributed by atoms with E-state index in [2.05, 4.69) is 9.88 Å². The minimum Gasteiger partial charge on any atom is -0.468 e. The normalized spacial score (nSPS) is 14.7. The third kappa shape index (κ3) is 3.05. The lowest BCUT2D eigenvalue weighted by Gasteiger charge is -2.21. The molecule has 2 heterocycles. The van der Waals surface area contributed by atoms with E-state index in [4.69, 9.17) is 22.4 Å². The highest BCUT2D eigenvalue weighted by Gasteiger charge is 2.30. The van der Waals surface area contributed by atoms with Gasteiger partial charge in [0.1, 0.15) is 16.4 Å². The Hall–Kier alpha value is -1.72. The lowest BCUT2D eigenvalue weighted by atomic mass is 10.1. The van der Waals surface area contributed by atoms with Gasteiger partial charge in [0.05, 0.1) is 12.8 Å². The third-order valence-electron chi connectivity index (χ3n) is 3.50. The second-order valence-corrected chi connectivity index (χ2v) is 5.53. The van der Waals surface area contributed by atoms with Crippen LogP contribution in [0.2, 0.25) is 0 Å². The number of aromatic nitrogens is 1. The van der Waals surface area contributed by atoms with E-state index in [-0.39, 0.29) is 0 Å². The maximum absolute atomic E-state index is 5.75. The van der Waals surface area contributed by atoms with Crippen LogP contribution in [0.5, 0.6) is 0 Å². The Balaban J connectivity index is 1.78. The van der Waals surface area contributed by atoms with Crippen molar-refractivity contribution >= 4 is 17.2 Å². The molecule has 1 aliphatic carbocycles. The lowest BCUT2D eigenvalue weighted by molar-refractivity contribution is 0.225. The number of hydrogen-bond donors (Lipinski definition) is 1. The summed E-state index contributed by atoms with van der Waals surface area (Å²) in [6.45, 7) is 1.61. The van der Waals surface area contributed by atoms with Crippen LogP contribution in [0, 0.1) is 0 Å². The molecule has 0 saturated heterocycles. The van der Waals surface area contributed by atoms with Crippen molar-refractivity contribution in [3.63, 3.8) is 0 Å². The van der Waals surface area contributed by atoms with E-state index in [1.54, 1.807) is 12.5 Å². The van der Waals surface area contributed by atoms with Gasteiger partial charge in [-0.3, -0.25) is 9.88 Å². The van der Waals surface area contributed by atoms with Gasteiger partial charge < -0.3 is 10.2 Å². The largest absolute Gasteiger partial charge is 0.468 e. The van der Waals surface area contributed by atoms with Gasteiger partial charge in [-0.25, -0.2) is 0 Å². The molecule has 20 heavy (non-hydrogen) atoms. The van der Waals surface area contributed by atoms with Gasteiger partial charge in [0.15, 0.2) is 0 Å². The third-order valence-corrected chi connectivity index (χ3v) is 3.69. The number of thiocarbonyl (C=S) groups is 1. The Morgan fingerprint density at radius 3 is 2.85 bits per heavy atom. The highest BCUT2D eigenvalue weighted by atomic mass is 32.1. The van der Waals surface area contributed by atoms with Gasteiger partial charge in [-0.1, -0.05) is 18.3 Å². The Kier molecular flexibility index (Phi) is 3.80. The van der Waals surface area contributed by atoms with Gasteiger partial charge in [0.25, 0.3) is 0 Å². The molecule has 0 aliphatic heterocycles. The highest BCUT2D eigenvalue weighted by Crippen LogP contribution is 2.30. The van der Waals surface area contributed by atoms with Gasteiger partial charge >= 0.3 is 0 Å². The molecule has 2 N–H and O–H groups in total. The predicted molar refractivity (Wildman–Crippen MR) is 81.1 cm³/mol. The summed E-state index contributed by atoms with van der Waals surface area (Å²) in [6.07, 6.45) is 5.92. The summed E-state index contributed by atoms with van der Waals surface area (Å²) in [7, 11) is 0. The van der Waals surface area contributed by atoms with Crippen molar-refractivity contribution in [1.29, 1.82) is 0 Å². The van der Waals surface area contributed by atoms with E-state index in [1.165, 1.54) is 12.8 Å². The van der Waals surface area contributed by atoms with Gasteiger partial charge in [0.2, 0.25) is 0 Å². The molecule has 1 aliphatic rings. The van der Waals surface area contributed by atoms with E-state index in [9.17, 15) is 0 Å². The van der Waals surface area contributed by atoms with E-state index < -0.39 is 0 Å². The van der Waals surface area contributed by atoms with Crippen LogP contribution in [0.3, 0.4) is 0 Å². The zero-order valence-electron chi connectivity index (χ0n) is 11.2. The van der Waals surface area contributed by atoms with Crippen molar-refractivity contribution in [2.75, 3.05) is 0 Å². The van der Waals surface area contributed by atoms with Crippen LogP contribution in [0.15, 0.2) is 41.1 Å². The smallest absolute Gasteiger partial charge is 0.123 e. The maximum atomic E-state index is 5.75. The Morgan fingerprint density at radius 2 is 2.20 bits per heavy atom. The molecule has 0 unspecified atom stereocenters. The van der Waals surface area contributed by atoms with Crippen molar-refractivity contribution < 1.29 is 4.42 Å². The molecule has 104 valence electrons. The average Bonchev–Trinajstić information content (AvgIpc) is 3.17. The number of pyridine rings is 1. The fourth-order valence-corrected chi connectivity index (χ4v) is 2.55. The summed E-state index contributed by atoms with van der Waals surface area (Å²) < 4.78 is 5.45. The first-order chi connectivity index (χ1) is 9.74. The molecule has 2 aromatic rings. The molecule has 1 saturated carbocycles. The Labute approximate surface area is 123 Å². The minimum absolute atomic E-state index is 0.356. The summed E-state index contributed by atoms with van der Waals surface area (Å²) in [5.74, 6) is 0.984. The van der Waals surface area contributed by atoms with Crippen LogP contribution < -0.4 is 5.73 Å². The quantitative estimate of drug-likeness (QED) is 0.827. The molecule has 2 aromatic heterocycles.